The van der Waals surface area contributed by atoms with E-state index in [1.807, 2.05) is 24.3 Å². The van der Waals surface area contributed by atoms with Crippen LogP contribution in [-0.2, 0) is 0 Å². The number of thioether (sulfide) groups is 2. The van der Waals surface area contributed by atoms with Gasteiger partial charge in [-0.1, -0.05) is 13.8 Å². The lowest BCUT2D eigenvalue weighted by Crippen LogP contribution is -1.64. The third kappa shape index (κ3) is 29.9. The molecule has 0 aromatic rings. The van der Waals surface area contributed by atoms with E-state index in [9.17, 15) is 0 Å². The standard InChI is InChI=1S/C4H10S.C2H6S/c1-3-5-4-2;1-3-2/h3-4H2,1-2H3;1-2H3. The molecule has 0 aromatic carbocycles. The molecule has 0 aromatic heterocycles. The quantitative estimate of drug-likeness (QED) is 0.597. The van der Waals surface area contributed by atoms with Crippen LogP contribution in [0.25, 0.3) is 0 Å². The van der Waals surface area contributed by atoms with Crippen molar-refractivity contribution in [2.24, 2.45) is 0 Å². The van der Waals surface area contributed by atoms with Gasteiger partial charge in [-0.15, -0.1) is 0 Å². The van der Waals surface area contributed by atoms with Crippen LogP contribution in [0.5, 0.6) is 0 Å². The SMILES string of the molecule is CCSCC.CSC. The molecule has 0 heterocycles. The molecule has 0 saturated carbocycles. The van der Waals surface area contributed by atoms with Gasteiger partial charge in [0.05, 0.1) is 0 Å². The predicted octanol–water partition coefficient (Wildman–Crippen LogP) is 2.74. The van der Waals surface area contributed by atoms with Crippen LogP contribution in [0.1, 0.15) is 13.8 Å². The highest BCUT2D eigenvalue weighted by molar-refractivity contribution is 7.99. The smallest absolute Gasteiger partial charge is 0.00961 e. The summed E-state index contributed by atoms with van der Waals surface area (Å²) >= 11 is 3.71. The van der Waals surface area contributed by atoms with Gasteiger partial charge in [0.15, 0.2) is 0 Å². The highest BCUT2D eigenvalue weighted by atomic mass is 32.2. The molecule has 0 aliphatic heterocycles. The van der Waals surface area contributed by atoms with Crippen molar-refractivity contribution in [3.05, 3.63) is 0 Å². The van der Waals surface area contributed by atoms with E-state index in [2.05, 4.69) is 13.8 Å². The molecule has 0 aliphatic rings. The maximum atomic E-state index is 2.17. The van der Waals surface area contributed by atoms with E-state index in [4.69, 9.17) is 0 Å². The highest BCUT2D eigenvalue weighted by Gasteiger charge is 1.67. The fourth-order valence-electron chi connectivity index (χ4n) is 0.204. The van der Waals surface area contributed by atoms with Gasteiger partial charge in [-0.3, -0.25) is 0 Å². The Morgan fingerprint density at radius 3 is 1.25 bits per heavy atom. The zero-order chi connectivity index (χ0) is 6.83. The first-order chi connectivity index (χ1) is 3.83. The largest absolute Gasteiger partial charge is 0.169 e. The second-order valence-electron chi connectivity index (χ2n) is 1.19. The first-order valence-corrected chi connectivity index (χ1v) is 5.60. The monoisotopic (exact) mass is 152 g/mol. The Kier molecular flexibility index (Phi) is 22.5. The number of hydrogen-bond donors (Lipinski definition) is 0. The van der Waals surface area contributed by atoms with Gasteiger partial charge < -0.3 is 0 Å². The first kappa shape index (κ1) is 11.5. The van der Waals surface area contributed by atoms with Crippen LogP contribution in [0, 0.1) is 0 Å². The van der Waals surface area contributed by atoms with E-state index in [1.165, 1.54) is 11.5 Å². The molecule has 2 heteroatoms. The lowest BCUT2D eigenvalue weighted by Gasteiger charge is -1.80. The number of rotatable bonds is 2. The molecular formula is C6H16S2. The van der Waals surface area contributed by atoms with Crippen molar-refractivity contribution < 1.29 is 0 Å². The molecule has 0 saturated heterocycles. The van der Waals surface area contributed by atoms with Crippen molar-refractivity contribution in [1.82, 2.24) is 0 Å². The van der Waals surface area contributed by atoms with Crippen molar-refractivity contribution in [3.63, 3.8) is 0 Å². The van der Waals surface area contributed by atoms with Crippen LogP contribution < -0.4 is 0 Å². The van der Waals surface area contributed by atoms with Gasteiger partial charge in [0, 0.05) is 0 Å². The summed E-state index contributed by atoms with van der Waals surface area (Å²) in [7, 11) is 0. The first-order valence-electron chi connectivity index (χ1n) is 2.81. The van der Waals surface area contributed by atoms with Crippen LogP contribution in [-0.4, -0.2) is 24.0 Å². The second kappa shape index (κ2) is 15.6. The Balaban J connectivity index is 0. The van der Waals surface area contributed by atoms with Crippen LogP contribution in [0.15, 0.2) is 0 Å². The highest BCUT2D eigenvalue weighted by Crippen LogP contribution is 1.93. The average molecular weight is 152 g/mol. The summed E-state index contributed by atoms with van der Waals surface area (Å²) in [6.45, 7) is 4.35. The molecule has 8 heavy (non-hydrogen) atoms. The van der Waals surface area contributed by atoms with Gasteiger partial charge in [0.1, 0.15) is 0 Å². The Hall–Kier alpha value is 0.700. The van der Waals surface area contributed by atoms with Crippen molar-refractivity contribution in [2.75, 3.05) is 24.0 Å². The van der Waals surface area contributed by atoms with Crippen LogP contribution in [0.3, 0.4) is 0 Å². The van der Waals surface area contributed by atoms with E-state index in [-0.39, 0.29) is 0 Å². The predicted molar refractivity (Wildman–Crippen MR) is 48.1 cm³/mol. The molecule has 0 fully saturated rings. The minimum atomic E-state index is 1.26. The van der Waals surface area contributed by atoms with Crippen LogP contribution in [0.4, 0.5) is 0 Å². The third-order valence-electron chi connectivity index (χ3n) is 0.408. The molecule has 52 valence electrons. The zero-order valence-electron chi connectivity index (χ0n) is 6.23. The van der Waals surface area contributed by atoms with Gasteiger partial charge in [-0.25, -0.2) is 0 Å². The maximum Gasteiger partial charge on any atom is -0.00961 e. The molecule has 0 radical (unpaired) electrons. The van der Waals surface area contributed by atoms with E-state index >= 15 is 0 Å². The summed E-state index contributed by atoms with van der Waals surface area (Å²) in [5, 5.41) is 0. The minimum absolute atomic E-state index is 1.26. The van der Waals surface area contributed by atoms with E-state index in [0.717, 1.165) is 0 Å². The Morgan fingerprint density at radius 2 is 1.25 bits per heavy atom. The maximum absolute atomic E-state index is 2.17. The summed E-state index contributed by atoms with van der Waals surface area (Å²) < 4.78 is 0. The second-order valence-corrected chi connectivity index (χ2v) is 3.57. The van der Waals surface area contributed by atoms with Gasteiger partial charge in [-0.05, 0) is 24.0 Å². The molecule has 0 bridgehead atoms. The topological polar surface area (TPSA) is 0 Å². The third-order valence-corrected chi connectivity index (χ3v) is 1.22. The summed E-state index contributed by atoms with van der Waals surface area (Å²) in [5.41, 5.74) is 0. The zero-order valence-corrected chi connectivity index (χ0v) is 7.86. The van der Waals surface area contributed by atoms with Crippen molar-refractivity contribution in [3.8, 4) is 0 Å². The fourth-order valence-corrected chi connectivity index (χ4v) is 0.612. The van der Waals surface area contributed by atoms with Gasteiger partial charge in [-0.2, -0.15) is 23.5 Å². The minimum Gasteiger partial charge on any atom is -0.169 e. The lowest BCUT2D eigenvalue weighted by molar-refractivity contribution is 1.46. The molecule has 0 spiro atoms. The van der Waals surface area contributed by atoms with Crippen molar-refractivity contribution in [1.29, 1.82) is 0 Å². The summed E-state index contributed by atoms with van der Waals surface area (Å²) in [4.78, 5) is 0. The lowest BCUT2D eigenvalue weighted by atomic mass is 11.0. The average Bonchev–Trinajstić information content (AvgIpc) is 1.71. The summed E-state index contributed by atoms with van der Waals surface area (Å²) in [5.74, 6) is 2.52. The normalized spacial score (nSPS) is 7.50. The Morgan fingerprint density at radius 1 is 1.00 bits per heavy atom. The summed E-state index contributed by atoms with van der Waals surface area (Å²) in [6.07, 6.45) is 4.08. The van der Waals surface area contributed by atoms with E-state index in [0.29, 0.717) is 0 Å². The number of hydrogen-bond acceptors (Lipinski definition) is 2. The molecule has 0 nitrogen and oxygen atoms in total. The van der Waals surface area contributed by atoms with Crippen LogP contribution in [0.2, 0.25) is 0 Å². The van der Waals surface area contributed by atoms with Gasteiger partial charge in [0.25, 0.3) is 0 Å². The van der Waals surface area contributed by atoms with Gasteiger partial charge in [0.2, 0.25) is 0 Å². The van der Waals surface area contributed by atoms with Gasteiger partial charge >= 0.3 is 0 Å². The van der Waals surface area contributed by atoms with Crippen LogP contribution >= 0.6 is 23.5 Å². The van der Waals surface area contributed by atoms with E-state index < -0.39 is 0 Å². The van der Waals surface area contributed by atoms with Crippen molar-refractivity contribution in [2.45, 2.75) is 13.8 Å². The molecule has 0 amide bonds. The molecule has 0 unspecified atom stereocenters. The molecule has 0 N–H and O–H groups in total. The molecule has 0 atom stereocenters. The molecule has 0 aliphatic carbocycles. The fraction of sp³-hybridized carbons (Fsp3) is 1.00. The molecule has 0 rings (SSSR count). The Bertz CT molecular complexity index is 20.5. The Labute approximate surface area is 61.8 Å². The summed E-state index contributed by atoms with van der Waals surface area (Å²) in [6, 6.07) is 0. The van der Waals surface area contributed by atoms with Crippen molar-refractivity contribution >= 4 is 23.5 Å². The van der Waals surface area contributed by atoms with E-state index in [1.54, 1.807) is 11.8 Å². The molecular weight excluding hydrogens is 136 g/mol.